The van der Waals surface area contributed by atoms with Gasteiger partial charge in [0.05, 0.1) is 6.61 Å². The largest absolute Gasteiger partial charge is 0.450 e. The minimum atomic E-state index is -0.310. The summed E-state index contributed by atoms with van der Waals surface area (Å²) in [5.74, 6) is -0.310. The van der Waals surface area contributed by atoms with Crippen LogP contribution in [0.1, 0.15) is 6.92 Å². The number of rotatable bonds is 2. The summed E-state index contributed by atoms with van der Waals surface area (Å²) in [5.41, 5.74) is 0.618. The Morgan fingerprint density at radius 3 is 2.62 bits per heavy atom. The lowest BCUT2D eigenvalue weighted by molar-refractivity contribution is 0.0923. The summed E-state index contributed by atoms with van der Waals surface area (Å²) in [6.07, 6.45) is -0.291. The Bertz CT molecular complexity index is 519. The van der Waals surface area contributed by atoms with Crippen LogP contribution < -0.4 is 5.32 Å². The number of halogens is 1. The van der Waals surface area contributed by atoms with Crippen molar-refractivity contribution < 1.29 is 13.9 Å². The van der Waals surface area contributed by atoms with Crippen molar-refractivity contribution in [2.24, 2.45) is 0 Å². The maximum absolute atomic E-state index is 13.1. The molecular formula is C14H18FN3O2S. The van der Waals surface area contributed by atoms with Gasteiger partial charge in [0.15, 0.2) is 5.11 Å². The molecule has 1 heterocycles. The standard InChI is InChI=1S/C14H18FN3O2S/c1-2-20-14(19)18-8-6-17(7-9-18)13(21)16-12-5-3-4-11(15)10-12/h3-5,10H,2,6-9H2,1H3,(H,16,21). The third kappa shape index (κ3) is 4.29. The van der Waals surface area contributed by atoms with Gasteiger partial charge in [-0.25, -0.2) is 9.18 Å². The number of amides is 1. The summed E-state index contributed by atoms with van der Waals surface area (Å²) in [6, 6.07) is 6.15. The maximum Gasteiger partial charge on any atom is 0.409 e. The Kier molecular flexibility index (Phi) is 5.32. The second-order valence-corrected chi connectivity index (χ2v) is 5.00. The van der Waals surface area contributed by atoms with E-state index in [1.807, 2.05) is 4.90 Å². The third-order valence-electron chi connectivity index (χ3n) is 3.17. The highest BCUT2D eigenvalue weighted by Gasteiger charge is 2.23. The molecule has 1 saturated heterocycles. The molecule has 0 saturated carbocycles. The number of piperazine rings is 1. The summed E-state index contributed by atoms with van der Waals surface area (Å²) < 4.78 is 18.1. The molecule has 1 aromatic rings. The van der Waals surface area contributed by atoms with E-state index in [1.54, 1.807) is 24.0 Å². The van der Waals surface area contributed by atoms with E-state index in [0.717, 1.165) is 0 Å². The highest BCUT2D eigenvalue weighted by atomic mass is 32.1. The summed E-state index contributed by atoms with van der Waals surface area (Å²) in [5, 5.41) is 3.54. The SMILES string of the molecule is CCOC(=O)N1CCN(C(=S)Nc2cccc(F)c2)CC1. The fourth-order valence-electron chi connectivity index (χ4n) is 2.08. The van der Waals surface area contributed by atoms with Gasteiger partial charge in [0.1, 0.15) is 5.82 Å². The average molecular weight is 311 g/mol. The molecule has 0 aromatic heterocycles. The molecule has 1 amide bonds. The Morgan fingerprint density at radius 2 is 2.00 bits per heavy atom. The molecule has 1 fully saturated rings. The van der Waals surface area contributed by atoms with Crippen LogP contribution in [0.2, 0.25) is 0 Å². The first-order valence-corrected chi connectivity index (χ1v) is 7.24. The van der Waals surface area contributed by atoms with Crippen molar-refractivity contribution >= 4 is 29.1 Å². The summed E-state index contributed by atoms with van der Waals surface area (Å²) in [4.78, 5) is 15.2. The predicted octanol–water partition coefficient (Wildman–Crippen LogP) is 2.30. The van der Waals surface area contributed by atoms with Crippen LogP contribution in [0.3, 0.4) is 0 Å². The van der Waals surface area contributed by atoms with Crippen LogP contribution in [-0.2, 0) is 4.74 Å². The average Bonchev–Trinajstić information content (AvgIpc) is 2.47. The molecule has 7 heteroatoms. The molecule has 0 atom stereocenters. The van der Waals surface area contributed by atoms with Crippen LogP contribution >= 0.6 is 12.2 Å². The summed E-state index contributed by atoms with van der Waals surface area (Å²) in [6.45, 7) is 4.53. The van der Waals surface area contributed by atoms with Crippen LogP contribution in [0, 0.1) is 5.82 Å². The lowest BCUT2D eigenvalue weighted by Crippen LogP contribution is -2.51. The molecule has 0 spiro atoms. The van der Waals surface area contributed by atoms with Crippen molar-refractivity contribution in [3.05, 3.63) is 30.1 Å². The first kappa shape index (κ1) is 15.5. The molecule has 0 radical (unpaired) electrons. The fourth-order valence-corrected chi connectivity index (χ4v) is 2.38. The fraction of sp³-hybridized carbons (Fsp3) is 0.429. The normalized spacial score (nSPS) is 14.8. The van der Waals surface area contributed by atoms with E-state index in [2.05, 4.69) is 5.32 Å². The van der Waals surface area contributed by atoms with Crippen LogP contribution in [0.15, 0.2) is 24.3 Å². The zero-order valence-corrected chi connectivity index (χ0v) is 12.7. The Hall–Kier alpha value is -1.89. The van der Waals surface area contributed by atoms with E-state index in [9.17, 15) is 9.18 Å². The zero-order valence-electron chi connectivity index (χ0n) is 11.8. The number of hydrogen-bond donors (Lipinski definition) is 1. The van der Waals surface area contributed by atoms with Crippen molar-refractivity contribution in [1.29, 1.82) is 0 Å². The number of benzene rings is 1. The molecule has 1 aliphatic heterocycles. The molecule has 1 N–H and O–H groups in total. The number of carbonyl (C=O) groups excluding carboxylic acids is 1. The zero-order chi connectivity index (χ0) is 15.2. The van der Waals surface area contributed by atoms with Crippen LogP contribution in [0.25, 0.3) is 0 Å². The minimum Gasteiger partial charge on any atom is -0.450 e. The van der Waals surface area contributed by atoms with Crippen LogP contribution in [-0.4, -0.2) is 53.8 Å². The molecule has 1 aromatic carbocycles. The number of carbonyl (C=O) groups is 1. The number of anilines is 1. The van der Waals surface area contributed by atoms with Crippen molar-refractivity contribution in [3.8, 4) is 0 Å². The number of ether oxygens (including phenoxy) is 1. The van der Waals surface area contributed by atoms with Crippen molar-refractivity contribution in [3.63, 3.8) is 0 Å². The van der Waals surface area contributed by atoms with Gasteiger partial charge in [-0.15, -0.1) is 0 Å². The quantitative estimate of drug-likeness (QED) is 0.849. The molecular weight excluding hydrogens is 293 g/mol. The van der Waals surface area contributed by atoms with Gasteiger partial charge < -0.3 is 19.9 Å². The van der Waals surface area contributed by atoms with Gasteiger partial charge in [-0.05, 0) is 37.3 Å². The van der Waals surface area contributed by atoms with Crippen molar-refractivity contribution in [1.82, 2.24) is 9.80 Å². The lowest BCUT2D eigenvalue weighted by atomic mass is 10.3. The van der Waals surface area contributed by atoms with Gasteiger partial charge >= 0.3 is 6.09 Å². The summed E-state index contributed by atoms with van der Waals surface area (Å²) >= 11 is 5.31. The van der Waals surface area contributed by atoms with Crippen molar-refractivity contribution in [2.75, 3.05) is 38.1 Å². The van der Waals surface area contributed by atoms with Gasteiger partial charge in [-0.2, -0.15) is 0 Å². The maximum atomic E-state index is 13.1. The number of hydrogen-bond acceptors (Lipinski definition) is 3. The molecule has 0 unspecified atom stereocenters. The van der Waals surface area contributed by atoms with Gasteiger partial charge in [-0.3, -0.25) is 0 Å². The lowest BCUT2D eigenvalue weighted by Gasteiger charge is -2.35. The number of nitrogens with one attached hydrogen (secondary N) is 1. The molecule has 21 heavy (non-hydrogen) atoms. The van der Waals surface area contributed by atoms with E-state index in [-0.39, 0.29) is 11.9 Å². The molecule has 0 bridgehead atoms. The topological polar surface area (TPSA) is 44.8 Å². The Balaban J connectivity index is 1.84. The van der Waals surface area contributed by atoms with E-state index < -0.39 is 0 Å². The van der Waals surface area contributed by atoms with Gasteiger partial charge in [0, 0.05) is 31.9 Å². The number of thiocarbonyl (C=S) groups is 1. The molecule has 2 rings (SSSR count). The Morgan fingerprint density at radius 1 is 1.33 bits per heavy atom. The molecule has 5 nitrogen and oxygen atoms in total. The number of nitrogens with zero attached hydrogens (tertiary/aromatic N) is 2. The summed E-state index contributed by atoms with van der Waals surface area (Å²) in [7, 11) is 0. The van der Waals surface area contributed by atoms with Crippen LogP contribution in [0.5, 0.6) is 0 Å². The Labute approximate surface area is 128 Å². The van der Waals surface area contributed by atoms with E-state index >= 15 is 0 Å². The van der Waals surface area contributed by atoms with Gasteiger partial charge in [0.25, 0.3) is 0 Å². The van der Waals surface area contributed by atoms with E-state index in [0.29, 0.717) is 43.6 Å². The predicted molar refractivity (Wildman–Crippen MR) is 82.8 cm³/mol. The van der Waals surface area contributed by atoms with Crippen molar-refractivity contribution in [2.45, 2.75) is 6.92 Å². The highest BCUT2D eigenvalue weighted by molar-refractivity contribution is 7.80. The van der Waals surface area contributed by atoms with Gasteiger partial charge in [0.2, 0.25) is 0 Å². The first-order valence-electron chi connectivity index (χ1n) is 6.83. The monoisotopic (exact) mass is 311 g/mol. The van der Waals surface area contributed by atoms with Gasteiger partial charge in [-0.1, -0.05) is 6.07 Å². The molecule has 0 aliphatic carbocycles. The second-order valence-electron chi connectivity index (χ2n) is 4.61. The van der Waals surface area contributed by atoms with E-state index in [1.165, 1.54) is 12.1 Å². The first-order chi connectivity index (χ1) is 10.1. The third-order valence-corrected chi connectivity index (χ3v) is 3.53. The second kappa shape index (κ2) is 7.21. The minimum absolute atomic E-state index is 0.291. The van der Waals surface area contributed by atoms with Crippen LogP contribution in [0.4, 0.5) is 14.9 Å². The van der Waals surface area contributed by atoms with E-state index in [4.69, 9.17) is 17.0 Å². The molecule has 1 aliphatic rings. The smallest absolute Gasteiger partial charge is 0.409 e. The highest BCUT2D eigenvalue weighted by Crippen LogP contribution is 2.11. The molecule has 114 valence electrons.